The maximum atomic E-state index is 11.1. The first kappa shape index (κ1) is 7.62. The maximum absolute atomic E-state index is 11.1. The van der Waals surface area contributed by atoms with Crippen molar-refractivity contribution in [3.05, 3.63) is 34.7 Å². The van der Waals surface area contributed by atoms with Crippen molar-refractivity contribution in [1.82, 2.24) is 4.57 Å². The van der Waals surface area contributed by atoms with E-state index in [4.69, 9.17) is 6.42 Å². The molecule has 0 N–H and O–H groups in total. The number of aromatic nitrogens is 1. The number of hydrogen-bond acceptors (Lipinski definition) is 1. The van der Waals surface area contributed by atoms with Gasteiger partial charge in [-0.25, -0.2) is 0 Å². The third-order valence-electron chi connectivity index (χ3n) is 1.51. The Hall–Kier alpha value is -1.49. The molecule has 0 aliphatic heterocycles. The molecule has 56 valence electrons. The van der Waals surface area contributed by atoms with Crippen LogP contribution in [0.4, 0.5) is 0 Å². The summed E-state index contributed by atoms with van der Waals surface area (Å²) < 4.78 is 1.51. The number of terminal acetylenes is 1. The average molecular weight is 147 g/mol. The van der Waals surface area contributed by atoms with Gasteiger partial charge in [-0.15, -0.1) is 6.42 Å². The quantitative estimate of drug-likeness (QED) is 0.544. The van der Waals surface area contributed by atoms with E-state index in [0.29, 0.717) is 0 Å². The van der Waals surface area contributed by atoms with Crippen LogP contribution in [-0.2, 0) is 0 Å². The number of rotatable bonds is 1. The molecule has 0 bridgehead atoms. The normalized spacial score (nSPS) is 12.0. The van der Waals surface area contributed by atoms with Crippen molar-refractivity contribution in [3.8, 4) is 12.3 Å². The van der Waals surface area contributed by atoms with E-state index in [9.17, 15) is 4.79 Å². The summed E-state index contributed by atoms with van der Waals surface area (Å²) in [5.41, 5.74) is -0.0575. The van der Waals surface area contributed by atoms with Gasteiger partial charge >= 0.3 is 0 Å². The fraction of sp³-hybridized carbons (Fsp3) is 0.222. The minimum Gasteiger partial charge on any atom is -0.301 e. The summed E-state index contributed by atoms with van der Waals surface area (Å²) in [6, 6.07) is 4.81. The molecule has 0 unspecified atom stereocenters. The van der Waals surface area contributed by atoms with Gasteiger partial charge in [0, 0.05) is 12.3 Å². The molecule has 1 rings (SSSR count). The van der Waals surface area contributed by atoms with Gasteiger partial charge in [-0.2, -0.15) is 0 Å². The van der Waals surface area contributed by atoms with Crippen LogP contribution < -0.4 is 5.56 Å². The SMILES string of the molecule is C#C[C@@H](C)n1ccccc1=O. The fourth-order valence-corrected chi connectivity index (χ4v) is 0.840. The first-order chi connectivity index (χ1) is 5.25. The summed E-state index contributed by atoms with van der Waals surface area (Å²) >= 11 is 0. The molecule has 0 spiro atoms. The zero-order chi connectivity index (χ0) is 8.27. The molecule has 2 nitrogen and oxygen atoms in total. The highest BCUT2D eigenvalue weighted by Crippen LogP contribution is 1.97. The lowest BCUT2D eigenvalue weighted by Crippen LogP contribution is -2.20. The maximum Gasteiger partial charge on any atom is 0.251 e. The van der Waals surface area contributed by atoms with E-state index in [2.05, 4.69) is 5.92 Å². The Balaban J connectivity index is 3.16. The summed E-state index contributed by atoms with van der Waals surface area (Å²) in [5.74, 6) is 2.48. The smallest absolute Gasteiger partial charge is 0.251 e. The first-order valence-corrected chi connectivity index (χ1v) is 3.39. The van der Waals surface area contributed by atoms with Crippen LogP contribution in [-0.4, -0.2) is 4.57 Å². The molecule has 0 aromatic carbocycles. The van der Waals surface area contributed by atoms with Crippen LogP contribution in [0.3, 0.4) is 0 Å². The predicted octanol–water partition coefficient (Wildman–Crippen LogP) is 1.04. The van der Waals surface area contributed by atoms with E-state index in [1.54, 1.807) is 25.3 Å². The standard InChI is InChI=1S/C9H9NO/c1-3-8(2)10-7-5-4-6-9(10)11/h1,4-8H,2H3/t8-/m1/s1. The minimum absolute atomic E-state index is 0.0575. The lowest BCUT2D eigenvalue weighted by atomic mass is 10.3. The third kappa shape index (κ3) is 1.50. The van der Waals surface area contributed by atoms with E-state index in [0.717, 1.165) is 0 Å². The summed E-state index contributed by atoms with van der Waals surface area (Å²) in [6.07, 6.45) is 6.85. The second kappa shape index (κ2) is 3.07. The van der Waals surface area contributed by atoms with Crippen molar-refractivity contribution in [2.75, 3.05) is 0 Å². The lowest BCUT2D eigenvalue weighted by Gasteiger charge is -2.06. The van der Waals surface area contributed by atoms with Crippen molar-refractivity contribution in [3.63, 3.8) is 0 Å². The van der Waals surface area contributed by atoms with Crippen LogP contribution in [0, 0.1) is 12.3 Å². The molecule has 1 aromatic heterocycles. The molecule has 0 saturated carbocycles. The van der Waals surface area contributed by atoms with Crippen molar-refractivity contribution in [2.24, 2.45) is 0 Å². The number of pyridine rings is 1. The zero-order valence-electron chi connectivity index (χ0n) is 6.32. The lowest BCUT2D eigenvalue weighted by molar-refractivity contribution is 0.653. The fourth-order valence-electron chi connectivity index (χ4n) is 0.840. The van der Waals surface area contributed by atoms with Crippen LogP contribution in [0.5, 0.6) is 0 Å². The molecule has 11 heavy (non-hydrogen) atoms. The number of hydrogen-bond donors (Lipinski definition) is 0. The molecular formula is C9H9NO. The molecular weight excluding hydrogens is 138 g/mol. The highest BCUT2D eigenvalue weighted by Gasteiger charge is 1.98. The molecule has 0 aliphatic carbocycles. The summed E-state index contributed by atoms with van der Waals surface area (Å²) in [6.45, 7) is 1.81. The monoisotopic (exact) mass is 147 g/mol. The van der Waals surface area contributed by atoms with Gasteiger partial charge in [0.15, 0.2) is 0 Å². The van der Waals surface area contributed by atoms with Crippen molar-refractivity contribution < 1.29 is 0 Å². The van der Waals surface area contributed by atoms with Crippen molar-refractivity contribution in [2.45, 2.75) is 13.0 Å². The molecule has 1 heterocycles. The Kier molecular flexibility index (Phi) is 2.12. The molecule has 2 heteroatoms. The molecule has 0 saturated heterocycles. The molecule has 0 aliphatic rings. The Labute approximate surface area is 65.5 Å². The first-order valence-electron chi connectivity index (χ1n) is 3.39. The van der Waals surface area contributed by atoms with E-state index in [1.807, 2.05) is 0 Å². The molecule has 0 radical (unpaired) electrons. The van der Waals surface area contributed by atoms with Crippen LogP contribution in [0.1, 0.15) is 13.0 Å². The van der Waals surface area contributed by atoms with Crippen LogP contribution in [0.25, 0.3) is 0 Å². The summed E-state index contributed by atoms with van der Waals surface area (Å²) in [5, 5.41) is 0. The molecule has 1 aromatic rings. The van der Waals surface area contributed by atoms with Crippen LogP contribution >= 0.6 is 0 Å². The van der Waals surface area contributed by atoms with Gasteiger partial charge in [0.1, 0.15) is 0 Å². The second-order valence-corrected chi connectivity index (χ2v) is 2.29. The van der Waals surface area contributed by atoms with Gasteiger partial charge in [-0.1, -0.05) is 12.0 Å². The Morgan fingerprint density at radius 1 is 1.64 bits per heavy atom. The van der Waals surface area contributed by atoms with Gasteiger partial charge in [-0.05, 0) is 13.0 Å². The van der Waals surface area contributed by atoms with E-state index >= 15 is 0 Å². The summed E-state index contributed by atoms with van der Waals surface area (Å²) in [7, 11) is 0. The highest BCUT2D eigenvalue weighted by molar-refractivity contribution is 5.01. The average Bonchev–Trinajstić information content (AvgIpc) is 2.04. The summed E-state index contributed by atoms with van der Waals surface area (Å²) in [4.78, 5) is 11.1. The van der Waals surface area contributed by atoms with Gasteiger partial charge in [0.25, 0.3) is 5.56 Å². The Morgan fingerprint density at radius 2 is 2.36 bits per heavy atom. The Bertz CT molecular complexity index is 332. The molecule has 0 fully saturated rings. The van der Waals surface area contributed by atoms with Gasteiger partial charge < -0.3 is 4.57 Å². The van der Waals surface area contributed by atoms with E-state index in [-0.39, 0.29) is 11.6 Å². The van der Waals surface area contributed by atoms with Crippen molar-refractivity contribution >= 4 is 0 Å². The van der Waals surface area contributed by atoms with Gasteiger partial charge in [-0.3, -0.25) is 4.79 Å². The van der Waals surface area contributed by atoms with Gasteiger partial charge in [0.2, 0.25) is 0 Å². The predicted molar refractivity (Wildman–Crippen MR) is 44.2 cm³/mol. The van der Waals surface area contributed by atoms with Crippen molar-refractivity contribution in [1.29, 1.82) is 0 Å². The van der Waals surface area contributed by atoms with Crippen LogP contribution in [0.2, 0.25) is 0 Å². The highest BCUT2D eigenvalue weighted by atomic mass is 16.1. The zero-order valence-corrected chi connectivity index (χ0v) is 6.32. The molecule has 0 amide bonds. The van der Waals surface area contributed by atoms with E-state index in [1.165, 1.54) is 10.6 Å². The van der Waals surface area contributed by atoms with Crippen LogP contribution in [0.15, 0.2) is 29.2 Å². The minimum atomic E-state index is -0.163. The largest absolute Gasteiger partial charge is 0.301 e. The third-order valence-corrected chi connectivity index (χ3v) is 1.51. The topological polar surface area (TPSA) is 22.0 Å². The van der Waals surface area contributed by atoms with Gasteiger partial charge in [0.05, 0.1) is 6.04 Å². The second-order valence-electron chi connectivity index (χ2n) is 2.29. The number of nitrogens with zero attached hydrogens (tertiary/aromatic N) is 1. The van der Waals surface area contributed by atoms with E-state index < -0.39 is 0 Å². The molecule has 1 atom stereocenters. The Morgan fingerprint density at radius 3 is 2.91 bits per heavy atom.